The van der Waals surface area contributed by atoms with Crippen molar-refractivity contribution in [2.75, 3.05) is 18.8 Å². The number of nitrogen functional groups attached to an aromatic ring is 1. The molecular weight excluding hydrogens is 578 g/mol. The number of hydrogen-bond acceptors (Lipinski definition) is 9. The number of carboxylic acid groups (broad SMARTS) is 2. The van der Waals surface area contributed by atoms with E-state index in [1.165, 1.54) is 11.3 Å². The minimum Gasteiger partial charge on any atom is -0.475 e. The maximum absolute atomic E-state index is 12.5. The molecule has 1 aliphatic rings. The van der Waals surface area contributed by atoms with Gasteiger partial charge in [-0.25, -0.2) is 19.6 Å². The molecule has 1 fully saturated rings. The monoisotopic (exact) mass is 602 g/mol. The van der Waals surface area contributed by atoms with Crippen molar-refractivity contribution in [3.63, 3.8) is 0 Å². The summed E-state index contributed by atoms with van der Waals surface area (Å²) in [5.74, 6) is -5.31. The molecule has 3 rings (SSSR count). The summed E-state index contributed by atoms with van der Waals surface area (Å²) in [5, 5.41) is 21.8. The van der Waals surface area contributed by atoms with E-state index in [2.05, 4.69) is 20.6 Å². The maximum Gasteiger partial charge on any atom is 0.490 e. The average Bonchev–Trinajstić information content (AvgIpc) is 3.51. The molecule has 2 amide bonds. The number of rotatable bonds is 6. The lowest BCUT2D eigenvalue weighted by atomic mass is 10.1. The van der Waals surface area contributed by atoms with Crippen LogP contribution in [-0.2, 0) is 20.9 Å². The number of anilines is 1. The summed E-state index contributed by atoms with van der Waals surface area (Å²) < 4.78 is 63.5. The number of carbonyl (C=O) groups is 4. The number of likely N-dealkylation sites (N-methyl/N-ethyl adjacent to an activating group) is 1. The number of pyridine rings is 1. The number of aromatic nitrogens is 2. The van der Waals surface area contributed by atoms with Crippen LogP contribution in [0.1, 0.15) is 29.4 Å². The number of amides is 2. The fourth-order valence-electron chi connectivity index (χ4n) is 3.13. The van der Waals surface area contributed by atoms with E-state index >= 15 is 0 Å². The standard InChI is InChI=1S/C17H22N6O2S.2C2HF3O2/c1-2-19-17(25)14-6-12(22-16(24)13-9-26-10-21-13)8-23(14)7-11-4-3-5-20-15(11)18;2*3-2(4,5)1(6)7/h3-5,9-10,12,14H,2,6-8H2,1H3,(H2,18,20)(H,19,25)(H,22,24);2*(H,6,7)/t12-,14+;;/m1../s1. The van der Waals surface area contributed by atoms with Crippen molar-refractivity contribution in [1.82, 2.24) is 25.5 Å². The topological polar surface area (TPSA) is 188 Å². The normalized spacial score (nSPS) is 17.0. The van der Waals surface area contributed by atoms with Crippen LogP contribution in [0, 0.1) is 0 Å². The Morgan fingerprint density at radius 1 is 1.10 bits per heavy atom. The first-order valence-electron chi connectivity index (χ1n) is 11.0. The minimum atomic E-state index is -5.08. The van der Waals surface area contributed by atoms with Crippen LogP contribution in [0.25, 0.3) is 0 Å². The van der Waals surface area contributed by atoms with Gasteiger partial charge >= 0.3 is 24.3 Å². The first kappa shape index (κ1) is 34.0. The Morgan fingerprint density at radius 2 is 1.68 bits per heavy atom. The average molecular weight is 603 g/mol. The van der Waals surface area contributed by atoms with Crippen molar-refractivity contribution in [3.8, 4) is 0 Å². The van der Waals surface area contributed by atoms with Gasteiger partial charge in [0.1, 0.15) is 11.5 Å². The smallest absolute Gasteiger partial charge is 0.475 e. The molecule has 1 saturated heterocycles. The van der Waals surface area contributed by atoms with Crippen LogP contribution in [0.3, 0.4) is 0 Å². The summed E-state index contributed by atoms with van der Waals surface area (Å²) in [4.78, 5) is 52.7. The van der Waals surface area contributed by atoms with Crippen molar-refractivity contribution < 1.29 is 55.7 Å². The predicted molar refractivity (Wildman–Crippen MR) is 127 cm³/mol. The van der Waals surface area contributed by atoms with Crippen LogP contribution in [0.5, 0.6) is 0 Å². The summed E-state index contributed by atoms with van der Waals surface area (Å²) in [6, 6.07) is 3.27. The molecule has 12 nitrogen and oxygen atoms in total. The Morgan fingerprint density at radius 3 is 2.12 bits per heavy atom. The van der Waals surface area contributed by atoms with Gasteiger partial charge in [-0.1, -0.05) is 6.07 Å². The van der Waals surface area contributed by atoms with Crippen molar-refractivity contribution in [2.45, 2.75) is 44.3 Å². The highest BCUT2D eigenvalue weighted by Crippen LogP contribution is 2.23. The first-order chi connectivity index (χ1) is 18.5. The molecule has 0 spiro atoms. The zero-order chi connectivity index (χ0) is 30.7. The maximum atomic E-state index is 12.5. The summed E-state index contributed by atoms with van der Waals surface area (Å²) >= 11 is 1.37. The van der Waals surface area contributed by atoms with E-state index in [1.807, 2.05) is 24.0 Å². The lowest BCUT2D eigenvalue weighted by Crippen LogP contribution is -2.42. The molecule has 2 aromatic heterocycles. The third-order valence-corrected chi connectivity index (χ3v) is 5.43. The Bertz CT molecular complexity index is 1120. The van der Waals surface area contributed by atoms with Gasteiger partial charge in [-0.2, -0.15) is 26.3 Å². The van der Waals surface area contributed by atoms with Gasteiger partial charge < -0.3 is 26.6 Å². The first-order valence-corrected chi connectivity index (χ1v) is 11.9. The molecule has 1 aliphatic heterocycles. The molecule has 0 aliphatic carbocycles. The summed E-state index contributed by atoms with van der Waals surface area (Å²) in [6.07, 6.45) is -7.98. The second kappa shape index (κ2) is 15.0. The molecule has 2 aromatic rings. The van der Waals surface area contributed by atoms with Gasteiger partial charge in [-0.3, -0.25) is 14.5 Å². The number of thiazole rings is 1. The second-order valence-corrected chi connectivity index (χ2v) is 8.49. The second-order valence-electron chi connectivity index (χ2n) is 7.77. The van der Waals surface area contributed by atoms with Gasteiger partial charge in [0.05, 0.1) is 11.6 Å². The van der Waals surface area contributed by atoms with Crippen LogP contribution >= 0.6 is 11.3 Å². The van der Waals surface area contributed by atoms with Crippen molar-refractivity contribution in [3.05, 3.63) is 40.5 Å². The Hall–Kier alpha value is -4.00. The van der Waals surface area contributed by atoms with Gasteiger partial charge in [-0.05, 0) is 19.4 Å². The Balaban J connectivity index is 0.000000473. The van der Waals surface area contributed by atoms with E-state index in [0.717, 1.165) is 5.56 Å². The van der Waals surface area contributed by atoms with Gasteiger partial charge in [0.25, 0.3) is 5.91 Å². The van der Waals surface area contributed by atoms with Crippen LogP contribution in [0.15, 0.2) is 29.2 Å². The lowest BCUT2D eigenvalue weighted by Gasteiger charge is -2.23. The van der Waals surface area contributed by atoms with Crippen molar-refractivity contribution in [2.24, 2.45) is 0 Å². The highest BCUT2D eigenvalue weighted by Gasteiger charge is 2.39. The van der Waals surface area contributed by atoms with E-state index in [0.29, 0.717) is 37.6 Å². The number of carbonyl (C=O) groups excluding carboxylic acids is 2. The summed E-state index contributed by atoms with van der Waals surface area (Å²) in [5.41, 5.74) is 8.84. The van der Waals surface area contributed by atoms with Crippen LogP contribution in [0.2, 0.25) is 0 Å². The van der Waals surface area contributed by atoms with E-state index < -0.39 is 24.3 Å². The fraction of sp³-hybridized carbons (Fsp3) is 0.429. The Labute approximate surface area is 226 Å². The van der Waals surface area contributed by atoms with Crippen LogP contribution < -0.4 is 16.4 Å². The summed E-state index contributed by atoms with van der Waals surface area (Å²) in [7, 11) is 0. The Kier molecular flexibility index (Phi) is 12.7. The molecule has 222 valence electrons. The third kappa shape index (κ3) is 11.4. The molecule has 2 atom stereocenters. The number of likely N-dealkylation sites (tertiary alicyclic amines) is 1. The SMILES string of the molecule is CCNC(=O)[C@@H]1C[C@@H](NC(=O)c2cscn2)CN1Cc1cccnc1N.O=C(O)C(F)(F)F.O=C(O)C(F)(F)F. The highest BCUT2D eigenvalue weighted by atomic mass is 32.1. The summed E-state index contributed by atoms with van der Waals surface area (Å²) in [6.45, 7) is 3.52. The minimum absolute atomic E-state index is 0.0413. The van der Waals surface area contributed by atoms with Gasteiger partial charge in [0.15, 0.2) is 0 Å². The third-order valence-electron chi connectivity index (χ3n) is 4.84. The zero-order valence-electron chi connectivity index (χ0n) is 20.5. The number of carboxylic acids is 2. The number of halogens is 6. The molecule has 0 radical (unpaired) electrons. The quantitative estimate of drug-likeness (QED) is 0.306. The molecule has 19 heteroatoms. The van der Waals surface area contributed by atoms with Crippen molar-refractivity contribution in [1.29, 1.82) is 0 Å². The fourth-order valence-corrected chi connectivity index (χ4v) is 3.67. The molecule has 6 N–H and O–H groups in total. The van der Waals surface area contributed by atoms with Crippen LogP contribution in [0.4, 0.5) is 32.2 Å². The molecule has 0 bridgehead atoms. The van der Waals surface area contributed by atoms with Crippen molar-refractivity contribution >= 4 is 40.9 Å². The molecule has 0 saturated carbocycles. The lowest BCUT2D eigenvalue weighted by molar-refractivity contribution is -0.193. The van der Waals surface area contributed by atoms with Gasteiger partial charge in [0, 0.05) is 42.8 Å². The van der Waals surface area contributed by atoms with E-state index in [1.54, 1.807) is 17.1 Å². The van der Waals surface area contributed by atoms with Crippen LogP contribution in [-0.4, -0.2) is 86.4 Å². The zero-order valence-corrected chi connectivity index (χ0v) is 21.3. The molecule has 40 heavy (non-hydrogen) atoms. The predicted octanol–water partition coefficient (Wildman–Crippen LogP) is 1.90. The van der Waals surface area contributed by atoms with E-state index in [9.17, 15) is 35.9 Å². The molecule has 0 aromatic carbocycles. The number of hydrogen-bond donors (Lipinski definition) is 5. The van der Waals surface area contributed by atoms with Gasteiger partial charge in [-0.15, -0.1) is 11.3 Å². The number of nitrogens with zero attached hydrogens (tertiary/aromatic N) is 3. The number of alkyl halides is 6. The largest absolute Gasteiger partial charge is 0.490 e. The molecule has 0 unspecified atom stereocenters. The number of nitrogens with one attached hydrogen (secondary N) is 2. The number of aliphatic carboxylic acids is 2. The highest BCUT2D eigenvalue weighted by molar-refractivity contribution is 7.07. The van der Waals surface area contributed by atoms with Gasteiger partial charge in [0.2, 0.25) is 5.91 Å². The van der Waals surface area contributed by atoms with E-state index in [4.69, 9.17) is 25.5 Å². The number of nitrogens with two attached hydrogens (primary N) is 1. The molecular formula is C21H24F6N6O6S. The molecule has 3 heterocycles. The van der Waals surface area contributed by atoms with E-state index in [-0.39, 0.29) is 23.9 Å².